The van der Waals surface area contributed by atoms with Gasteiger partial charge < -0.3 is 10.1 Å². The van der Waals surface area contributed by atoms with Gasteiger partial charge in [0, 0.05) is 19.3 Å². The van der Waals surface area contributed by atoms with Gasteiger partial charge in [0.2, 0.25) is 0 Å². The molecule has 0 saturated carbocycles. The minimum Gasteiger partial charge on any atom is -0.385 e. The van der Waals surface area contributed by atoms with E-state index < -0.39 is 0 Å². The molecule has 1 aromatic rings. The third-order valence-electron chi connectivity index (χ3n) is 2.89. The number of nitrogens with one attached hydrogen (secondary N) is 1. The molecule has 3 heteroatoms. The lowest BCUT2D eigenvalue weighted by molar-refractivity contribution is 0.0990. The van der Waals surface area contributed by atoms with Crippen LogP contribution in [0.15, 0.2) is 24.3 Å². The maximum absolute atomic E-state index is 11.9. The Labute approximate surface area is 110 Å². The molecule has 0 spiro atoms. The first-order chi connectivity index (χ1) is 8.65. The van der Waals surface area contributed by atoms with Crippen LogP contribution in [0.25, 0.3) is 0 Å². The molecule has 18 heavy (non-hydrogen) atoms. The van der Waals surface area contributed by atoms with Crippen molar-refractivity contribution in [3.63, 3.8) is 0 Å². The van der Waals surface area contributed by atoms with Crippen molar-refractivity contribution < 1.29 is 9.53 Å². The quantitative estimate of drug-likeness (QED) is 0.568. The summed E-state index contributed by atoms with van der Waals surface area (Å²) in [6.45, 7) is 6.22. The van der Waals surface area contributed by atoms with Crippen LogP contribution in [-0.2, 0) is 4.74 Å². The van der Waals surface area contributed by atoms with Gasteiger partial charge in [-0.25, -0.2) is 0 Å². The standard InChI is InChI=1S/C15H23NO2/c1-12(2)13-5-7-14(8-6-13)15(17)11-16-9-4-10-18-3/h5-8,12,16H,4,9-11H2,1-3H3. The third-order valence-corrected chi connectivity index (χ3v) is 2.89. The molecule has 100 valence electrons. The lowest BCUT2D eigenvalue weighted by Crippen LogP contribution is -2.24. The van der Waals surface area contributed by atoms with Crippen LogP contribution in [0.5, 0.6) is 0 Å². The highest BCUT2D eigenvalue weighted by atomic mass is 16.5. The zero-order chi connectivity index (χ0) is 13.4. The Morgan fingerprint density at radius 2 is 1.94 bits per heavy atom. The molecule has 1 N–H and O–H groups in total. The molecule has 1 rings (SSSR count). The number of carbonyl (C=O) groups is 1. The monoisotopic (exact) mass is 249 g/mol. The predicted octanol–water partition coefficient (Wildman–Crippen LogP) is 2.62. The number of hydrogen-bond acceptors (Lipinski definition) is 3. The van der Waals surface area contributed by atoms with Crippen molar-refractivity contribution in [1.82, 2.24) is 5.32 Å². The van der Waals surface area contributed by atoms with E-state index >= 15 is 0 Å². The third kappa shape index (κ3) is 4.98. The first-order valence-electron chi connectivity index (χ1n) is 6.48. The van der Waals surface area contributed by atoms with E-state index in [1.807, 2.05) is 24.3 Å². The van der Waals surface area contributed by atoms with Crippen LogP contribution in [-0.4, -0.2) is 32.6 Å². The first-order valence-corrected chi connectivity index (χ1v) is 6.48. The smallest absolute Gasteiger partial charge is 0.176 e. The maximum Gasteiger partial charge on any atom is 0.176 e. The van der Waals surface area contributed by atoms with Gasteiger partial charge in [0.05, 0.1) is 6.54 Å². The summed E-state index contributed by atoms with van der Waals surface area (Å²) in [6, 6.07) is 7.88. The molecule has 0 fully saturated rings. The highest BCUT2D eigenvalue weighted by Gasteiger charge is 2.06. The Balaban J connectivity index is 2.37. The molecule has 0 aliphatic carbocycles. The molecule has 0 aliphatic rings. The fourth-order valence-electron chi connectivity index (χ4n) is 1.70. The summed E-state index contributed by atoms with van der Waals surface area (Å²) in [7, 11) is 1.68. The van der Waals surface area contributed by atoms with Gasteiger partial charge in [-0.3, -0.25) is 4.79 Å². The SMILES string of the molecule is COCCCNCC(=O)c1ccc(C(C)C)cc1. The molecule has 3 nitrogen and oxygen atoms in total. The molecular formula is C15H23NO2. The summed E-state index contributed by atoms with van der Waals surface area (Å²) in [5.41, 5.74) is 2.04. The van der Waals surface area contributed by atoms with E-state index in [1.165, 1.54) is 5.56 Å². The molecule has 0 saturated heterocycles. The number of benzene rings is 1. The van der Waals surface area contributed by atoms with Crippen LogP contribution in [0.2, 0.25) is 0 Å². The molecule has 1 aromatic carbocycles. The normalized spacial score (nSPS) is 10.9. The summed E-state index contributed by atoms with van der Waals surface area (Å²) < 4.78 is 4.94. The minimum atomic E-state index is 0.141. The van der Waals surface area contributed by atoms with E-state index in [0.717, 1.165) is 25.1 Å². The Kier molecular flexibility index (Phi) is 6.61. The van der Waals surface area contributed by atoms with Gasteiger partial charge in [-0.05, 0) is 24.4 Å². The van der Waals surface area contributed by atoms with Crippen LogP contribution < -0.4 is 5.32 Å². The van der Waals surface area contributed by atoms with E-state index in [0.29, 0.717) is 12.5 Å². The molecule has 0 bridgehead atoms. The number of methoxy groups -OCH3 is 1. The lowest BCUT2D eigenvalue weighted by atomic mass is 10.0. The second-order valence-corrected chi connectivity index (χ2v) is 4.72. The zero-order valence-electron chi connectivity index (χ0n) is 11.5. The molecule has 0 atom stereocenters. The largest absolute Gasteiger partial charge is 0.385 e. The van der Waals surface area contributed by atoms with Gasteiger partial charge in [-0.15, -0.1) is 0 Å². The van der Waals surface area contributed by atoms with Gasteiger partial charge in [-0.1, -0.05) is 38.1 Å². The van der Waals surface area contributed by atoms with Gasteiger partial charge in [0.1, 0.15) is 0 Å². The number of Topliss-reactive ketones (excluding diaryl/α,β-unsaturated/α-hetero) is 1. The van der Waals surface area contributed by atoms with Crippen LogP contribution in [0.4, 0.5) is 0 Å². The lowest BCUT2D eigenvalue weighted by Gasteiger charge is -2.07. The Morgan fingerprint density at radius 1 is 1.28 bits per heavy atom. The van der Waals surface area contributed by atoms with Crippen molar-refractivity contribution in [2.75, 3.05) is 26.8 Å². The molecule has 0 heterocycles. The van der Waals surface area contributed by atoms with Crippen LogP contribution in [0, 0.1) is 0 Å². The molecule has 0 radical (unpaired) electrons. The summed E-state index contributed by atoms with van der Waals surface area (Å²) in [4.78, 5) is 11.9. The summed E-state index contributed by atoms with van der Waals surface area (Å²) in [5.74, 6) is 0.643. The first kappa shape index (κ1) is 14.9. The topological polar surface area (TPSA) is 38.3 Å². The van der Waals surface area contributed by atoms with E-state index in [1.54, 1.807) is 7.11 Å². The summed E-state index contributed by atoms with van der Waals surface area (Å²) in [6.07, 6.45) is 0.927. The number of ketones is 1. The molecule has 0 unspecified atom stereocenters. The van der Waals surface area contributed by atoms with Crippen LogP contribution >= 0.6 is 0 Å². The number of ether oxygens (including phenoxy) is 1. The van der Waals surface area contributed by atoms with Crippen molar-refractivity contribution in [3.05, 3.63) is 35.4 Å². The Morgan fingerprint density at radius 3 is 2.50 bits per heavy atom. The zero-order valence-corrected chi connectivity index (χ0v) is 11.5. The number of hydrogen-bond donors (Lipinski definition) is 1. The summed E-state index contributed by atoms with van der Waals surface area (Å²) >= 11 is 0. The summed E-state index contributed by atoms with van der Waals surface area (Å²) in [5, 5.41) is 3.13. The Hall–Kier alpha value is -1.19. The van der Waals surface area contributed by atoms with E-state index in [2.05, 4.69) is 19.2 Å². The van der Waals surface area contributed by atoms with E-state index in [9.17, 15) is 4.79 Å². The van der Waals surface area contributed by atoms with Crippen LogP contribution in [0.1, 0.15) is 42.1 Å². The second-order valence-electron chi connectivity index (χ2n) is 4.72. The van der Waals surface area contributed by atoms with Crippen molar-refractivity contribution in [2.45, 2.75) is 26.2 Å². The second kappa shape index (κ2) is 8.01. The average molecular weight is 249 g/mol. The van der Waals surface area contributed by atoms with Gasteiger partial charge in [0.25, 0.3) is 0 Å². The highest BCUT2D eigenvalue weighted by Crippen LogP contribution is 2.14. The number of carbonyl (C=O) groups excluding carboxylic acids is 1. The van der Waals surface area contributed by atoms with Gasteiger partial charge in [0.15, 0.2) is 5.78 Å². The molecule has 0 aliphatic heterocycles. The van der Waals surface area contributed by atoms with E-state index in [4.69, 9.17) is 4.74 Å². The van der Waals surface area contributed by atoms with Crippen LogP contribution in [0.3, 0.4) is 0 Å². The fraction of sp³-hybridized carbons (Fsp3) is 0.533. The highest BCUT2D eigenvalue weighted by molar-refractivity contribution is 5.97. The Bertz CT molecular complexity index is 357. The van der Waals surface area contributed by atoms with E-state index in [-0.39, 0.29) is 5.78 Å². The van der Waals surface area contributed by atoms with Crippen molar-refractivity contribution >= 4 is 5.78 Å². The number of rotatable bonds is 8. The van der Waals surface area contributed by atoms with Gasteiger partial charge in [-0.2, -0.15) is 0 Å². The minimum absolute atomic E-state index is 0.141. The molecule has 0 amide bonds. The average Bonchev–Trinajstić information content (AvgIpc) is 2.38. The predicted molar refractivity (Wildman–Crippen MR) is 74.2 cm³/mol. The fourth-order valence-corrected chi connectivity index (χ4v) is 1.70. The maximum atomic E-state index is 11.9. The molecule has 0 aromatic heterocycles. The van der Waals surface area contributed by atoms with Crippen molar-refractivity contribution in [2.24, 2.45) is 0 Å². The van der Waals surface area contributed by atoms with Crippen molar-refractivity contribution in [3.8, 4) is 0 Å². The van der Waals surface area contributed by atoms with Crippen molar-refractivity contribution in [1.29, 1.82) is 0 Å². The van der Waals surface area contributed by atoms with Gasteiger partial charge >= 0.3 is 0 Å². The molecular weight excluding hydrogens is 226 g/mol.